The highest BCUT2D eigenvalue weighted by Crippen LogP contribution is 2.26. The Kier molecular flexibility index (Phi) is 2.50. The molecule has 0 radical (unpaired) electrons. The van der Waals surface area contributed by atoms with Crippen molar-refractivity contribution in [2.45, 2.75) is 6.92 Å². The van der Waals surface area contributed by atoms with E-state index in [1.165, 1.54) is 10.4 Å². The predicted octanol–water partition coefficient (Wildman–Crippen LogP) is 3.13. The molecular formula is C11H11NOS. The predicted molar refractivity (Wildman–Crippen MR) is 58.8 cm³/mol. The van der Waals surface area contributed by atoms with Gasteiger partial charge in [-0.15, -0.1) is 11.3 Å². The largest absolute Gasteiger partial charge is 0.497 e. The van der Waals surface area contributed by atoms with Crippen molar-refractivity contribution in [2.24, 2.45) is 0 Å². The normalized spacial score (nSPS) is 10.1. The van der Waals surface area contributed by atoms with Crippen LogP contribution in [-0.2, 0) is 0 Å². The monoisotopic (exact) mass is 205 g/mol. The van der Waals surface area contributed by atoms with Crippen molar-refractivity contribution in [3.8, 4) is 16.2 Å². The third-order valence-corrected chi connectivity index (χ3v) is 2.96. The molecule has 0 N–H and O–H groups in total. The molecule has 0 atom stereocenters. The minimum Gasteiger partial charge on any atom is -0.497 e. The maximum Gasteiger partial charge on any atom is 0.118 e. The zero-order valence-electron chi connectivity index (χ0n) is 8.15. The molecule has 2 aromatic rings. The van der Waals surface area contributed by atoms with E-state index in [0.717, 1.165) is 10.8 Å². The Morgan fingerprint density at radius 3 is 2.43 bits per heavy atom. The molecule has 2 nitrogen and oxygen atoms in total. The van der Waals surface area contributed by atoms with Gasteiger partial charge in [-0.25, -0.2) is 4.98 Å². The number of methoxy groups -OCH3 is 1. The summed E-state index contributed by atoms with van der Waals surface area (Å²) < 4.78 is 5.10. The maximum absolute atomic E-state index is 5.10. The Morgan fingerprint density at radius 2 is 1.93 bits per heavy atom. The van der Waals surface area contributed by atoms with Crippen LogP contribution >= 0.6 is 11.3 Å². The van der Waals surface area contributed by atoms with Crippen LogP contribution in [0.5, 0.6) is 5.75 Å². The molecule has 0 bridgehead atoms. The number of aryl methyl sites for hydroxylation is 1. The van der Waals surface area contributed by atoms with Crippen molar-refractivity contribution < 1.29 is 4.74 Å². The second-order valence-corrected chi connectivity index (χ2v) is 4.21. The van der Waals surface area contributed by atoms with Crippen LogP contribution < -0.4 is 4.74 Å². The van der Waals surface area contributed by atoms with E-state index in [-0.39, 0.29) is 0 Å². The van der Waals surface area contributed by atoms with E-state index in [4.69, 9.17) is 4.74 Å². The van der Waals surface area contributed by atoms with Gasteiger partial charge in [-0.05, 0) is 36.8 Å². The van der Waals surface area contributed by atoms with Crippen molar-refractivity contribution in [3.63, 3.8) is 0 Å². The molecule has 0 saturated carbocycles. The van der Waals surface area contributed by atoms with Gasteiger partial charge >= 0.3 is 0 Å². The number of benzene rings is 1. The van der Waals surface area contributed by atoms with Crippen LogP contribution in [0.2, 0.25) is 0 Å². The van der Waals surface area contributed by atoms with Gasteiger partial charge in [0, 0.05) is 6.20 Å². The second kappa shape index (κ2) is 3.80. The van der Waals surface area contributed by atoms with Crippen molar-refractivity contribution in [3.05, 3.63) is 35.5 Å². The van der Waals surface area contributed by atoms with E-state index in [9.17, 15) is 0 Å². The molecule has 0 amide bonds. The topological polar surface area (TPSA) is 22.1 Å². The summed E-state index contributed by atoms with van der Waals surface area (Å²) in [6, 6.07) is 8.02. The number of aromatic nitrogens is 1. The summed E-state index contributed by atoms with van der Waals surface area (Å²) in [5.74, 6) is 0.884. The minimum atomic E-state index is 0.884. The lowest BCUT2D eigenvalue weighted by molar-refractivity contribution is 0.415. The zero-order valence-corrected chi connectivity index (χ0v) is 8.97. The molecule has 72 valence electrons. The highest BCUT2D eigenvalue weighted by molar-refractivity contribution is 7.15. The number of rotatable bonds is 2. The Hall–Kier alpha value is -1.35. The molecule has 2 rings (SSSR count). The molecule has 0 aliphatic rings. The summed E-state index contributed by atoms with van der Waals surface area (Å²) in [7, 11) is 1.67. The summed E-state index contributed by atoms with van der Waals surface area (Å²) in [6.07, 6.45) is 1.90. The average molecular weight is 205 g/mol. The summed E-state index contributed by atoms with van der Waals surface area (Å²) in [5, 5.41) is 1.09. The van der Waals surface area contributed by atoms with Crippen molar-refractivity contribution in [2.75, 3.05) is 7.11 Å². The Bertz CT molecular complexity index is 419. The fourth-order valence-electron chi connectivity index (χ4n) is 1.25. The van der Waals surface area contributed by atoms with Crippen LogP contribution in [-0.4, -0.2) is 12.1 Å². The van der Waals surface area contributed by atoms with Crippen LogP contribution in [0.4, 0.5) is 0 Å². The molecule has 0 aliphatic carbocycles. The maximum atomic E-state index is 5.10. The Labute approximate surface area is 87.2 Å². The van der Waals surface area contributed by atoms with Gasteiger partial charge in [-0.2, -0.15) is 0 Å². The number of thiazole rings is 1. The van der Waals surface area contributed by atoms with E-state index >= 15 is 0 Å². The number of nitrogens with zero attached hydrogens (tertiary/aromatic N) is 1. The van der Waals surface area contributed by atoms with Gasteiger partial charge in [0.25, 0.3) is 0 Å². The SMILES string of the molecule is COc1ccc(-c2cnc(C)s2)cc1. The summed E-state index contributed by atoms with van der Waals surface area (Å²) in [5.41, 5.74) is 1.19. The summed E-state index contributed by atoms with van der Waals surface area (Å²) in [4.78, 5) is 5.42. The molecule has 1 heterocycles. The molecule has 0 unspecified atom stereocenters. The van der Waals surface area contributed by atoms with E-state index in [1.807, 2.05) is 37.4 Å². The zero-order chi connectivity index (χ0) is 9.97. The lowest BCUT2D eigenvalue weighted by atomic mass is 10.2. The lowest BCUT2D eigenvalue weighted by Gasteiger charge is -2.00. The fourth-order valence-corrected chi connectivity index (χ4v) is 2.03. The average Bonchev–Trinajstić information content (AvgIpc) is 2.65. The molecular weight excluding hydrogens is 194 g/mol. The van der Waals surface area contributed by atoms with Crippen LogP contribution in [0.3, 0.4) is 0 Å². The molecule has 0 spiro atoms. The van der Waals surface area contributed by atoms with Crippen molar-refractivity contribution in [1.29, 1.82) is 0 Å². The van der Waals surface area contributed by atoms with Gasteiger partial charge in [-0.1, -0.05) is 0 Å². The fraction of sp³-hybridized carbons (Fsp3) is 0.182. The number of hydrogen-bond donors (Lipinski definition) is 0. The molecule has 1 aromatic heterocycles. The van der Waals surface area contributed by atoms with Crippen molar-refractivity contribution >= 4 is 11.3 Å². The minimum absolute atomic E-state index is 0.884. The van der Waals surface area contributed by atoms with E-state index in [0.29, 0.717) is 0 Å². The Balaban J connectivity index is 2.33. The van der Waals surface area contributed by atoms with Gasteiger partial charge in [-0.3, -0.25) is 0 Å². The third kappa shape index (κ3) is 1.77. The molecule has 0 aliphatic heterocycles. The van der Waals surface area contributed by atoms with Gasteiger partial charge < -0.3 is 4.74 Å². The highest BCUT2D eigenvalue weighted by Gasteiger charge is 2.01. The standard InChI is InChI=1S/C11H11NOS/c1-8-12-7-11(14-8)9-3-5-10(13-2)6-4-9/h3-7H,1-2H3. The molecule has 1 aromatic carbocycles. The first-order valence-electron chi connectivity index (χ1n) is 4.36. The quantitative estimate of drug-likeness (QED) is 0.751. The lowest BCUT2D eigenvalue weighted by Crippen LogP contribution is -1.81. The molecule has 0 saturated heterocycles. The van der Waals surface area contributed by atoms with Crippen LogP contribution in [0.25, 0.3) is 10.4 Å². The van der Waals surface area contributed by atoms with Gasteiger partial charge in [0.2, 0.25) is 0 Å². The van der Waals surface area contributed by atoms with Crippen LogP contribution in [0.15, 0.2) is 30.5 Å². The molecule has 3 heteroatoms. The first-order chi connectivity index (χ1) is 6.79. The molecule has 0 fully saturated rings. The first kappa shape index (κ1) is 9.21. The summed E-state index contributed by atoms with van der Waals surface area (Å²) in [6.45, 7) is 2.01. The smallest absolute Gasteiger partial charge is 0.118 e. The van der Waals surface area contributed by atoms with Crippen LogP contribution in [0, 0.1) is 6.92 Å². The highest BCUT2D eigenvalue weighted by atomic mass is 32.1. The van der Waals surface area contributed by atoms with E-state index in [1.54, 1.807) is 18.4 Å². The third-order valence-electron chi connectivity index (χ3n) is 2.00. The van der Waals surface area contributed by atoms with E-state index < -0.39 is 0 Å². The number of ether oxygens (including phenoxy) is 1. The Morgan fingerprint density at radius 1 is 1.21 bits per heavy atom. The van der Waals surface area contributed by atoms with Crippen molar-refractivity contribution in [1.82, 2.24) is 4.98 Å². The van der Waals surface area contributed by atoms with Gasteiger partial charge in [0.05, 0.1) is 17.0 Å². The van der Waals surface area contributed by atoms with Gasteiger partial charge in [0.1, 0.15) is 5.75 Å². The number of hydrogen-bond acceptors (Lipinski definition) is 3. The van der Waals surface area contributed by atoms with E-state index in [2.05, 4.69) is 4.98 Å². The van der Waals surface area contributed by atoms with Gasteiger partial charge in [0.15, 0.2) is 0 Å². The second-order valence-electron chi connectivity index (χ2n) is 2.97. The summed E-state index contributed by atoms with van der Waals surface area (Å²) >= 11 is 1.70. The molecule has 14 heavy (non-hydrogen) atoms. The van der Waals surface area contributed by atoms with Crippen LogP contribution in [0.1, 0.15) is 5.01 Å². The first-order valence-corrected chi connectivity index (χ1v) is 5.18.